The summed E-state index contributed by atoms with van der Waals surface area (Å²) in [4.78, 5) is 0. The Kier molecular flexibility index (Phi) is 87.9. The first-order valence-electron chi connectivity index (χ1n) is 3.47. The molecule has 0 spiro atoms. The van der Waals surface area contributed by atoms with Gasteiger partial charge in [-0.15, -0.1) is 0 Å². The van der Waals surface area contributed by atoms with Gasteiger partial charge in [-0.1, -0.05) is 6.92 Å². The molecule has 0 aliphatic carbocycles. The van der Waals surface area contributed by atoms with E-state index in [9.17, 15) is 17.3 Å². The quantitative estimate of drug-likeness (QED) is 0.253. The number of hydrogen-bond acceptors (Lipinski definition) is 0. The maximum Gasteiger partial charge on any atom is 0 e. The third-order valence-corrected chi connectivity index (χ3v) is 0.440. The van der Waals surface area contributed by atoms with Crippen LogP contribution in [0.15, 0.2) is 0 Å². The third-order valence-electron chi connectivity index (χ3n) is 0.440. The van der Waals surface area contributed by atoms with Crippen LogP contribution >= 0.6 is 0 Å². The van der Waals surface area contributed by atoms with Crippen LogP contribution in [0.25, 0.3) is 0 Å². The van der Waals surface area contributed by atoms with Crippen LogP contribution in [-0.2, 0) is 31.0 Å². The van der Waals surface area contributed by atoms with E-state index < -0.39 is 7.25 Å². The van der Waals surface area contributed by atoms with Crippen LogP contribution in [0.1, 0.15) is 6.92 Å². The summed E-state index contributed by atoms with van der Waals surface area (Å²) in [6.07, 6.45) is 7.54. The second kappa shape index (κ2) is 43.9. The normalized spacial score (nSPS) is 6.67. The monoisotopic (exact) mass is 308 g/mol. The maximum atomic E-state index is 9.75. The van der Waals surface area contributed by atoms with E-state index in [1.807, 2.05) is 26.2 Å². The van der Waals surface area contributed by atoms with Crippen molar-refractivity contribution in [2.75, 3.05) is 0 Å². The average molecular weight is 308 g/mol. The Morgan fingerprint density at radius 1 is 0.889 bits per heavy atom. The largest absolute Gasteiger partial charge is 0.0620 e. The van der Waals surface area contributed by atoms with E-state index >= 15 is 0 Å². The molecule has 0 atom stereocenters. The first kappa shape index (κ1) is 36.0. The van der Waals surface area contributed by atoms with Crippen molar-refractivity contribution in [2.24, 2.45) is 0 Å². The van der Waals surface area contributed by atoms with Crippen LogP contribution in [0.2, 0.25) is 0 Å². The van der Waals surface area contributed by atoms with Gasteiger partial charge >= 0.3 is 41.2 Å². The Bertz CT molecular complexity index is 147. The van der Waals surface area contributed by atoms with E-state index in [1.165, 1.54) is 0 Å². The predicted octanol–water partition coefficient (Wildman–Crippen LogP) is 2.84. The molecule has 18 heavy (non-hydrogen) atoms. The van der Waals surface area contributed by atoms with Gasteiger partial charge in [-0.2, -0.15) is 0 Å². The molecule has 103 valence electrons. The minimum absolute atomic E-state index is 0. The summed E-state index contributed by atoms with van der Waals surface area (Å²) < 4.78 is 61.5. The summed E-state index contributed by atoms with van der Waals surface area (Å²) in [5.74, 6) is 0. The summed E-state index contributed by atoms with van der Waals surface area (Å²) in [5.41, 5.74) is 0. The fourth-order valence-corrected chi connectivity index (χ4v) is 0.190. The van der Waals surface area contributed by atoms with Gasteiger partial charge in [0.1, 0.15) is 0 Å². The molecule has 0 aromatic carbocycles. The molecule has 0 unspecified atom stereocenters. The fourth-order valence-electron chi connectivity index (χ4n) is 0.190. The Balaban J connectivity index is -0.0000000274. The second-order valence-corrected chi connectivity index (χ2v) is 1.45. The topological polar surface area (TPSA) is 59.7 Å². The summed E-state index contributed by atoms with van der Waals surface area (Å²) in [5, 5.41) is 0. The van der Waals surface area contributed by atoms with Crippen molar-refractivity contribution >= 4 is 7.25 Å². The molecule has 0 aromatic rings. The van der Waals surface area contributed by atoms with Crippen LogP contribution in [0, 0.1) is 52.6 Å². The SMILES string of the molecule is F[B-](F)(F)F.[C-]#[O+].[C-]#[O+].[C-]#[O+].[CH2][CH][CH][CH][CH]C.[Fe]. The van der Waals surface area contributed by atoms with Gasteiger partial charge in [0.05, 0.1) is 0 Å². The molecular weight excluding hydrogens is 299 g/mol. The van der Waals surface area contributed by atoms with Crippen molar-refractivity contribution in [2.45, 2.75) is 6.92 Å². The number of unbranched alkanes of at least 4 members (excludes halogenated alkanes) is 3. The van der Waals surface area contributed by atoms with Crippen molar-refractivity contribution in [3.63, 3.8) is 0 Å². The van der Waals surface area contributed by atoms with Crippen LogP contribution in [0.5, 0.6) is 0 Å². The molecule has 0 amide bonds. The molecule has 3 nitrogen and oxygen atoms in total. The first-order valence-corrected chi connectivity index (χ1v) is 3.47. The van der Waals surface area contributed by atoms with Gasteiger partial charge in [-0.25, -0.2) is 0 Å². The van der Waals surface area contributed by atoms with Gasteiger partial charge in [0, 0.05) is 17.1 Å². The van der Waals surface area contributed by atoms with Gasteiger partial charge in [0.25, 0.3) is 0 Å². The molecule has 0 saturated heterocycles. The summed E-state index contributed by atoms with van der Waals surface area (Å²) >= 11 is 0. The van der Waals surface area contributed by atoms with E-state index in [4.69, 9.17) is 14.0 Å². The zero-order valence-corrected chi connectivity index (χ0v) is 10.3. The first-order chi connectivity index (χ1) is 7.91. The predicted molar refractivity (Wildman–Crippen MR) is 50.2 cm³/mol. The van der Waals surface area contributed by atoms with Crippen molar-refractivity contribution in [3.8, 4) is 0 Å². The molecule has 0 rings (SSSR count). The molecule has 0 aliphatic heterocycles. The smallest absolute Gasteiger partial charge is 0 e. The van der Waals surface area contributed by atoms with E-state index in [2.05, 4.69) is 26.9 Å². The molecule has 0 bridgehead atoms. The molecule has 0 saturated carbocycles. The van der Waals surface area contributed by atoms with E-state index in [-0.39, 0.29) is 17.1 Å². The maximum absolute atomic E-state index is 9.75. The van der Waals surface area contributed by atoms with E-state index in [0.29, 0.717) is 0 Å². The molecule has 0 aromatic heterocycles. The van der Waals surface area contributed by atoms with Gasteiger partial charge in [-0.05, 0) is 32.6 Å². The minimum Gasteiger partial charge on any atom is -0.0620 e. The van der Waals surface area contributed by atoms with Gasteiger partial charge in [0.15, 0.2) is 0 Å². The average Bonchev–Trinajstić information content (AvgIpc) is 2.32. The summed E-state index contributed by atoms with van der Waals surface area (Å²) in [6, 6.07) is 0. The van der Waals surface area contributed by atoms with Crippen molar-refractivity contribution in [1.29, 1.82) is 0 Å². The molecule has 9 heteroatoms. The Morgan fingerprint density at radius 2 is 1.11 bits per heavy atom. The Labute approximate surface area is 115 Å². The minimum atomic E-state index is -6.00. The van der Waals surface area contributed by atoms with Crippen molar-refractivity contribution < 1.29 is 48.3 Å². The third kappa shape index (κ3) is 514. The van der Waals surface area contributed by atoms with Crippen LogP contribution in [-0.4, -0.2) is 7.25 Å². The van der Waals surface area contributed by atoms with Gasteiger partial charge < -0.3 is 17.3 Å². The van der Waals surface area contributed by atoms with Crippen molar-refractivity contribution in [3.05, 3.63) is 52.6 Å². The number of rotatable bonds is 3. The summed E-state index contributed by atoms with van der Waals surface area (Å²) in [6.45, 7) is 19.0. The molecule has 0 heterocycles. The molecule has 5 radical (unpaired) electrons. The molecule has 0 aliphatic rings. The van der Waals surface area contributed by atoms with E-state index in [1.54, 1.807) is 6.42 Å². The van der Waals surface area contributed by atoms with Gasteiger partial charge in [-0.3, -0.25) is 0 Å². The number of halogens is 4. The zero-order chi connectivity index (χ0) is 15.3. The van der Waals surface area contributed by atoms with E-state index in [0.717, 1.165) is 0 Å². The molecule has 0 fully saturated rings. The Morgan fingerprint density at radius 3 is 1.17 bits per heavy atom. The molecule has 0 N–H and O–H groups in total. The van der Waals surface area contributed by atoms with Crippen molar-refractivity contribution in [1.82, 2.24) is 0 Å². The summed E-state index contributed by atoms with van der Waals surface area (Å²) in [7, 11) is -6.00. The zero-order valence-electron chi connectivity index (χ0n) is 9.18. The van der Waals surface area contributed by atoms with Crippen LogP contribution in [0.3, 0.4) is 0 Å². The van der Waals surface area contributed by atoms with Crippen LogP contribution < -0.4 is 0 Å². The van der Waals surface area contributed by atoms with Gasteiger partial charge in [0.2, 0.25) is 0 Å². The fraction of sp³-hybridized carbons (Fsp3) is 0.111. The standard InChI is InChI=1S/C6H9.3CO.BF4.Fe/c1-3-5-6-4-2;3*1-2;2-1(3,4)5;/h3-6H,1H2,2H3;;;;;/q;;;;-1;. The second-order valence-electron chi connectivity index (χ2n) is 1.45. The Hall–Kier alpha value is -0.476. The van der Waals surface area contributed by atoms with Crippen LogP contribution in [0.4, 0.5) is 17.3 Å². The number of hydrogen-bond donors (Lipinski definition) is 0. The molecular formula is C9H9BF4FeO3-.